The second-order valence-electron chi connectivity index (χ2n) is 7.32. The lowest BCUT2D eigenvalue weighted by molar-refractivity contribution is -0.384. The largest absolute Gasteiger partial charge is 0.490 e. The first-order valence-corrected chi connectivity index (χ1v) is 11.9. The van der Waals surface area contributed by atoms with Crippen molar-refractivity contribution in [1.29, 1.82) is 0 Å². The van der Waals surface area contributed by atoms with Crippen LogP contribution in [0.15, 0.2) is 71.4 Å². The summed E-state index contributed by atoms with van der Waals surface area (Å²) in [6.45, 7) is 2.64. The Morgan fingerprint density at radius 2 is 1.83 bits per heavy atom. The van der Waals surface area contributed by atoms with Gasteiger partial charge in [0, 0.05) is 22.7 Å². The third-order valence-electron chi connectivity index (χ3n) is 4.88. The highest BCUT2D eigenvalue weighted by molar-refractivity contribution is 14.1. The van der Waals surface area contributed by atoms with E-state index in [2.05, 4.69) is 27.6 Å². The van der Waals surface area contributed by atoms with Crippen LogP contribution in [0.3, 0.4) is 0 Å². The topological polar surface area (TPSA) is 100 Å². The molecule has 0 spiro atoms. The van der Waals surface area contributed by atoms with Crippen LogP contribution in [0.5, 0.6) is 11.5 Å². The fourth-order valence-corrected chi connectivity index (χ4v) is 4.13. The minimum Gasteiger partial charge on any atom is -0.490 e. The summed E-state index contributed by atoms with van der Waals surface area (Å²) in [6, 6.07) is 16.6. The van der Waals surface area contributed by atoms with Gasteiger partial charge in [-0.25, -0.2) is 9.79 Å². The second kappa shape index (κ2) is 10.9. The molecule has 35 heavy (non-hydrogen) atoms. The number of hydrogen-bond donors (Lipinski definition) is 0. The molecule has 1 aliphatic heterocycles. The van der Waals surface area contributed by atoms with Crippen molar-refractivity contribution in [2.45, 2.75) is 13.5 Å². The van der Waals surface area contributed by atoms with Crippen LogP contribution in [0.1, 0.15) is 23.6 Å². The molecule has 10 heteroatoms. The molecule has 8 nitrogen and oxygen atoms in total. The lowest BCUT2D eigenvalue weighted by atomic mass is 10.1. The zero-order valence-corrected chi connectivity index (χ0v) is 21.3. The molecular formula is C25H18ClIN2O6. The molecule has 4 rings (SSSR count). The van der Waals surface area contributed by atoms with Crippen LogP contribution in [0.25, 0.3) is 6.08 Å². The summed E-state index contributed by atoms with van der Waals surface area (Å²) < 4.78 is 17.9. The highest BCUT2D eigenvalue weighted by Crippen LogP contribution is 2.36. The molecule has 0 amide bonds. The van der Waals surface area contributed by atoms with Gasteiger partial charge >= 0.3 is 5.97 Å². The van der Waals surface area contributed by atoms with Crippen LogP contribution < -0.4 is 9.47 Å². The van der Waals surface area contributed by atoms with Crippen molar-refractivity contribution in [2.24, 2.45) is 4.99 Å². The van der Waals surface area contributed by atoms with Gasteiger partial charge in [-0.15, -0.1) is 0 Å². The van der Waals surface area contributed by atoms with Crippen molar-refractivity contribution in [3.05, 3.63) is 102 Å². The number of esters is 1. The quantitative estimate of drug-likeness (QED) is 0.100. The van der Waals surface area contributed by atoms with E-state index in [0.717, 1.165) is 9.13 Å². The highest BCUT2D eigenvalue weighted by Gasteiger charge is 2.25. The zero-order valence-electron chi connectivity index (χ0n) is 18.4. The number of nitro groups is 1. The second-order valence-corrected chi connectivity index (χ2v) is 8.92. The lowest BCUT2D eigenvalue weighted by Crippen LogP contribution is -2.05. The van der Waals surface area contributed by atoms with E-state index in [1.807, 2.05) is 25.1 Å². The first-order valence-electron chi connectivity index (χ1n) is 10.4. The Balaban J connectivity index is 1.59. The van der Waals surface area contributed by atoms with Gasteiger partial charge in [0.2, 0.25) is 5.90 Å². The molecule has 0 saturated carbocycles. The molecule has 178 valence electrons. The maximum absolute atomic E-state index is 12.4. The normalized spacial score (nSPS) is 14.0. The Labute approximate surface area is 219 Å². The predicted octanol–water partition coefficient (Wildman–Crippen LogP) is 6.18. The Kier molecular flexibility index (Phi) is 7.67. The molecule has 0 bridgehead atoms. The maximum atomic E-state index is 12.4. The average Bonchev–Trinajstić information content (AvgIpc) is 3.20. The summed E-state index contributed by atoms with van der Waals surface area (Å²) in [5.41, 5.74) is 2.14. The van der Waals surface area contributed by atoms with Crippen LogP contribution in [0.4, 0.5) is 5.69 Å². The van der Waals surface area contributed by atoms with Gasteiger partial charge in [-0.1, -0.05) is 23.7 Å². The van der Waals surface area contributed by atoms with Crippen molar-refractivity contribution in [3.8, 4) is 11.5 Å². The summed E-state index contributed by atoms with van der Waals surface area (Å²) in [5, 5.41) is 11.5. The highest BCUT2D eigenvalue weighted by atomic mass is 127. The molecule has 0 atom stereocenters. The molecule has 3 aromatic rings. The molecule has 3 aromatic carbocycles. The number of carbonyl (C=O) groups excluding carboxylic acids is 1. The number of non-ortho nitro benzene ring substituents is 1. The molecule has 0 radical (unpaired) electrons. The first-order chi connectivity index (χ1) is 16.8. The number of rotatable bonds is 8. The maximum Gasteiger partial charge on any atom is 0.363 e. The van der Waals surface area contributed by atoms with Crippen molar-refractivity contribution < 1.29 is 23.9 Å². The van der Waals surface area contributed by atoms with E-state index in [1.54, 1.807) is 24.3 Å². The summed E-state index contributed by atoms with van der Waals surface area (Å²) in [7, 11) is 0. The minimum absolute atomic E-state index is 0.0640. The number of ether oxygens (including phenoxy) is 3. The molecule has 0 fully saturated rings. The molecule has 1 heterocycles. The fourth-order valence-electron chi connectivity index (χ4n) is 3.23. The minimum atomic E-state index is -0.616. The molecule has 0 saturated heterocycles. The van der Waals surface area contributed by atoms with Gasteiger partial charge in [0.15, 0.2) is 17.2 Å². The molecule has 0 unspecified atom stereocenters. The van der Waals surface area contributed by atoms with Gasteiger partial charge in [0.25, 0.3) is 5.69 Å². The van der Waals surface area contributed by atoms with Crippen molar-refractivity contribution in [2.75, 3.05) is 6.61 Å². The number of halogens is 2. The molecule has 1 aliphatic rings. The molecule has 0 N–H and O–H groups in total. The van der Waals surface area contributed by atoms with E-state index in [1.165, 1.54) is 24.3 Å². The standard InChI is InChI=1S/C25H18ClIN2O6/c1-2-33-22-13-16(11-20(27)23(22)34-14-15-3-7-18(26)8-4-15)12-21-25(30)35-24(28-21)17-5-9-19(10-6-17)29(31)32/h3-13H,2,14H2,1H3/b21-12+. The average molecular weight is 605 g/mol. The monoisotopic (exact) mass is 604 g/mol. The van der Waals surface area contributed by atoms with E-state index >= 15 is 0 Å². The van der Waals surface area contributed by atoms with Gasteiger partial charge in [0.05, 0.1) is 15.1 Å². The number of nitrogens with zero attached hydrogens (tertiary/aromatic N) is 2. The van der Waals surface area contributed by atoms with E-state index in [4.69, 9.17) is 25.8 Å². The first kappa shape index (κ1) is 24.7. The number of benzene rings is 3. The van der Waals surface area contributed by atoms with Gasteiger partial charge in [-0.2, -0.15) is 0 Å². The molecular weight excluding hydrogens is 587 g/mol. The number of hydrogen-bond acceptors (Lipinski definition) is 7. The third-order valence-corrected chi connectivity index (χ3v) is 5.93. The van der Waals surface area contributed by atoms with Gasteiger partial charge in [-0.05, 0) is 83.1 Å². The zero-order chi connectivity index (χ0) is 24.9. The predicted molar refractivity (Wildman–Crippen MR) is 140 cm³/mol. The summed E-state index contributed by atoms with van der Waals surface area (Å²) in [6.07, 6.45) is 1.59. The third kappa shape index (κ3) is 5.98. The Morgan fingerprint density at radius 1 is 1.11 bits per heavy atom. The van der Waals surface area contributed by atoms with E-state index < -0.39 is 10.9 Å². The van der Waals surface area contributed by atoms with Crippen LogP contribution in [-0.4, -0.2) is 23.4 Å². The summed E-state index contributed by atoms with van der Waals surface area (Å²) >= 11 is 8.10. The van der Waals surface area contributed by atoms with Gasteiger partial charge in [-0.3, -0.25) is 10.1 Å². The van der Waals surface area contributed by atoms with Crippen molar-refractivity contribution in [3.63, 3.8) is 0 Å². The SMILES string of the molecule is CCOc1cc(/C=C2/N=C(c3ccc([N+](=O)[O-])cc3)OC2=O)cc(I)c1OCc1ccc(Cl)cc1. The Morgan fingerprint density at radius 3 is 2.49 bits per heavy atom. The summed E-state index contributed by atoms with van der Waals surface area (Å²) in [5.74, 6) is 0.591. The van der Waals surface area contributed by atoms with E-state index in [0.29, 0.717) is 40.9 Å². The Bertz CT molecular complexity index is 1340. The van der Waals surface area contributed by atoms with Crippen molar-refractivity contribution >= 4 is 57.8 Å². The van der Waals surface area contributed by atoms with Crippen LogP contribution in [0.2, 0.25) is 5.02 Å². The fraction of sp³-hybridized carbons (Fsp3) is 0.120. The number of aliphatic imine (C=N–C) groups is 1. The van der Waals surface area contributed by atoms with Crippen LogP contribution in [0, 0.1) is 13.7 Å². The molecule has 0 aliphatic carbocycles. The van der Waals surface area contributed by atoms with Crippen LogP contribution in [-0.2, 0) is 16.1 Å². The van der Waals surface area contributed by atoms with E-state index in [-0.39, 0.29) is 17.3 Å². The number of cyclic esters (lactones) is 1. The number of carbonyl (C=O) groups is 1. The summed E-state index contributed by atoms with van der Waals surface area (Å²) in [4.78, 5) is 27.0. The van der Waals surface area contributed by atoms with E-state index in [9.17, 15) is 14.9 Å². The van der Waals surface area contributed by atoms with Gasteiger partial charge < -0.3 is 14.2 Å². The Hall–Kier alpha value is -3.44. The lowest BCUT2D eigenvalue weighted by Gasteiger charge is -2.15. The van der Waals surface area contributed by atoms with Gasteiger partial charge in [0.1, 0.15) is 6.61 Å². The van der Waals surface area contributed by atoms with Crippen molar-refractivity contribution in [1.82, 2.24) is 0 Å². The number of nitro benzene ring substituents is 1. The van der Waals surface area contributed by atoms with Crippen LogP contribution >= 0.6 is 34.2 Å². The molecule has 0 aromatic heterocycles. The smallest absolute Gasteiger partial charge is 0.363 e.